The molecule has 1 amide bonds. The first-order valence-corrected chi connectivity index (χ1v) is 9.22. The molecule has 5 nitrogen and oxygen atoms in total. The molecule has 6 heteroatoms. The van der Waals surface area contributed by atoms with E-state index in [0.717, 1.165) is 22.3 Å². The van der Waals surface area contributed by atoms with Gasteiger partial charge in [-0.1, -0.05) is 26.0 Å². The van der Waals surface area contributed by atoms with Gasteiger partial charge in [-0.15, -0.1) is 0 Å². The largest absolute Gasteiger partial charge is 0.345 e. The van der Waals surface area contributed by atoms with Crippen LogP contribution in [0.25, 0.3) is 11.0 Å². The Kier molecular flexibility index (Phi) is 5.26. The number of amides is 1. The fourth-order valence-electron chi connectivity index (χ4n) is 3.01. The molecule has 0 saturated heterocycles. The van der Waals surface area contributed by atoms with Gasteiger partial charge in [0.1, 0.15) is 5.82 Å². The quantitative estimate of drug-likeness (QED) is 0.706. The average molecular weight is 368 g/mol. The van der Waals surface area contributed by atoms with Crippen molar-refractivity contribution in [2.24, 2.45) is 0 Å². The fraction of sp³-hybridized carbons (Fsp3) is 0.381. The zero-order valence-corrected chi connectivity index (χ0v) is 16.3. The number of nitrogens with zero attached hydrogens (tertiary/aromatic N) is 3. The van der Waals surface area contributed by atoms with Crippen LogP contribution in [0.4, 0.5) is 4.39 Å². The molecule has 0 fully saturated rings. The van der Waals surface area contributed by atoms with Crippen LogP contribution in [0.1, 0.15) is 74.2 Å². The minimum atomic E-state index is -0.296. The first-order valence-electron chi connectivity index (χ1n) is 9.22. The number of rotatable bonds is 5. The molecule has 0 bridgehead atoms. The maximum Gasteiger partial charge on any atom is 0.252 e. The number of carbonyl (C=O) groups excluding carboxylic acids is 1. The summed E-state index contributed by atoms with van der Waals surface area (Å²) in [4.78, 5) is 17.7. The number of benzene rings is 1. The molecule has 27 heavy (non-hydrogen) atoms. The first kappa shape index (κ1) is 19.0. The maximum absolute atomic E-state index is 13.1. The number of aromatic nitrogens is 3. The third-order valence-corrected chi connectivity index (χ3v) is 4.63. The Hall–Kier alpha value is -2.76. The molecular formula is C21H25FN4O. The molecule has 0 aliphatic carbocycles. The number of nitrogens with one attached hydrogen (secondary N) is 1. The minimum Gasteiger partial charge on any atom is -0.345 e. The number of carbonyl (C=O) groups is 1. The van der Waals surface area contributed by atoms with Gasteiger partial charge in [-0.25, -0.2) is 14.1 Å². The van der Waals surface area contributed by atoms with Gasteiger partial charge in [0, 0.05) is 11.7 Å². The van der Waals surface area contributed by atoms with Crippen LogP contribution in [0.5, 0.6) is 0 Å². The lowest BCUT2D eigenvalue weighted by molar-refractivity contribution is 0.0941. The van der Waals surface area contributed by atoms with Gasteiger partial charge in [0.2, 0.25) is 0 Å². The van der Waals surface area contributed by atoms with Gasteiger partial charge >= 0.3 is 0 Å². The zero-order chi connectivity index (χ0) is 19.7. The molecule has 0 spiro atoms. The summed E-state index contributed by atoms with van der Waals surface area (Å²) in [5, 5.41) is 8.15. The number of hydrogen-bond acceptors (Lipinski definition) is 3. The molecule has 1 atom stereocenters. The van der Waals surface area contributed by atoms with E-state index in [4.69, 9.17) is 4.98 Å². The van der Waals surface area contributed by atoms with Crippen LogP contribution >= 0.6 is 0 Å². The van der Waals surface area contributed by atoms with Crippen molar-refractivity contribution in [2.75, 3.05) is 0 Å². The van der Waals surface area contributed by atoms with Crippen LogP contribution in [0.3, 0.4) is 0 Å². The highest BCUT2D eigenvalue weighted by Crippen LogP contribution is 2.25. The third-order valence-electron chi connectivity index (χ3n) is 4.63. The minimum absolute atomic E-state index is 0.145. The number of halogens is 1. The molecule has 0 saturated carbocycles. The Bertz CT molecular complexity index is 960. The standard InChI is InChI=1S/C21H25FN4O/c1-12(2)19-10-17(18-11-23-26(13(3)4)20(18)25-19)21(27)24-14(5)15-6-8-16(22)9-7-15/h6-14H,1-5H3,(H,24,27)/t14-/m1/s1. The fourth-order valence-corrected chi connectivity index (χ4v) is 3.01. The molecule has 1 aromatic carbocycles. The van der Waals surface area contributed by atoms with E-state index in [1.54, 1.807) is 18.3 Å². The first-order chi connectivity index (χ1) is 12.8. The normalized spacial score (nSPS) is 12.7. The Morgan fingerprint density at radius 3 is 2.37 bits per heavy atom. The zero-order valence-electron chi connectivity index (χ0n) is 16.3. The van der Waals surface area contributed by atoms with Gasteiger partial charge in [-0.2, -0.15) is 5.10 Å². The van der Waals surface area contributed by atoms with Crippen LogP contribution < -0.4 is 5.32 Å². The summed E-state index contributed by atoms with van der Waals surface area (Å²) >= 11 is 0. The van der Waals surface area contributed by atoms with Crippen LogP contribution in [0.15, 0.2) is 36.5 Å². The van der Waals surface area contributed by atoms with Gasteiger partial charge in [0.15, 0.2) is 5.65 Å². The predicted octanol–water partition coefficient (Wildman–Crippen LogP) is 4.77. The summed E-state index contributed by atoms with van der Waals surface area (Å²) in [6, 6.07) is 7.89. The highest BCUT2D eigenvalue weighted by atomic mass is 19.1. The predicted molar refractivity (Wildman–Crippen MR) is 104 cm³/mol. The molecule has 0 aliphatic heterocycles. The van der Waals surface area contributed by atoms with Crippen LogP contribution in [-0.4, -0.2) is 20.7 Å². The SMILES string of the molecule is CC(C)c1cc(C(=O)N[C@H](C)c2ccc(F)cc2)c2cnn(C(C)C)c2n1. The molecule has 2 heterocycles. The lowest BCUT2D eigenvalue weighted by Gasteiger charge is -2.16. The summed E-state index contributed by atoms with van der Waals surface area (Å²) in [5.74, 6) is -0.300. The number of pyridine rings is 1. The summed E-state index contributed by atoms with van der Waals surface area (Å²) in [5.41, 5.74) is 2.97. The van der Waals surface area contributed by atoms with Crippen LogP contribution in [-0.2, 0) is 0 Å². The molecule has 0 unspecified atom stereocenters. The van der Waals surface area contributed by atoms with Gasteiger partial charge < -0.3 is 5.32 Å². The van der Waals surface area contributed by atoms with Crippen molar-refractivity contribution in [3.8, 4) is 0 Å². The van der Waals surface area contributed by atoms with E-state index in [0.29, 0.717) is 5.56 Å². The van der Waals surface area contributed by atoms with E-state index in [1.165, 1.54) is 12.1 Å². The third kappa shape index (κ3) is 3.84. The monoisotopic (exact) mass is 368 g/mol. The molecule has 142 valence electrons. The Morgan fingerprint density at radius 2 is 1.78 bits per heavy atom. The number of fused-ring (bicyclic) bond motifs is 1. The van der Waals surface area contributed by atoms with E-state index < -0.39 is 0 Å². The van der Waals surface area contributed by atoms with Crippen molar-refractivity contribution in [1.82, 2.24) is 20.1 Å². The smallest absolute Gasteiger partial charge is 0.252 e. The van der Waals surface area contributed by atoms with E-state index in [2.05, 4.69) is 10.4 Å². The van der Waals surface area contributed by atoms with Crippen molar-refractivity contribution in [2.45, 2.75) is 52.6 Å². The lowest BCUT2D eigenvalue weighted by Crippen LogP contribution is -2.27. The maximum atomic E-state index is 13.1. The van der Waals surface area contributed by atoms with E-state index in [1.807, 2.05) is 45.4 Å². The number of hydrogen-bond donors (Lipinski definition) is 1. The second-order valence-electron chi connectivity index (χ2n) is 7.42. The van der Waals surface area contributed by atoms with E-state index >= 15 is 0 Å². The summed E-state index contributed by atoms with van der Waals surface area (Å²) in [6.45, 7) is 10.0. The van der Waals surface area contributed by atoms with Crippen molar-refractivity contribution >= 4 is 16.9 Å². The summed E-state index contributed by atoms with van der Waals surface area (Å²) < 4.78 is 15.0. The van der Waals surface area contributed by atoms with Crippen LogP contribution in [0, 0.1) is 5.82 Å². The highest BCUT2D eigenvalue weighted by Gasteiger charge is 2.20. The molecule has 2 aromatic heterocycles. The lowest BCUT2D eigenvalue weighted by atomic mass is 10.0. The van der Waals surface area contributed by atoms with E-state index in [-0.39, 0.29) is 29.7 Å². The molecular weight excluding hydrogens is 343 g/mol. The Balaban J connectivity index is 1.99. The highest BCUT2D eigenvalue weighted by molar-refractivity contribution is 6.05. The molecule has 3 rings (SSSR count). The molecule has 0 aliphatic rings. The van der Waals surface area contributed by atoms with Crippen molar-refractivity contribution in [1.29, 1.82) is 0 Å². The molecule has 3 aromatic rings. The Labute approximate surface area is 158 Å². The van der Waals surface area contributed by atoms with Gasteiger partial charge in [0.25, 0.3) is 5.91 Å². The summed E-state index contributed by atoms with van der Waals surface area (Å²) in [6.07, 6.45) is 1.70. The van der Waals surface area contributed by atoms with Crippen LogP contribution in [0.2, 0.25) is 0 Å². The second-order valence-corrected chi connectivity index (χ2v) is 7.42. The van der Waals surface area contributed by atoms with Gasteiger partial charge in [0.05, 0.1) is 23.2 Å². The van der Waals surface area contributed by atoms with Gasteiger partial charge in [-0.3, -0.25) is 4.79 Å². The van der Waals surface area contributed by atoms with Gasteiger partial charge in [-0.05, 0) is 50.5 Å². The Morgan fingerprint density at radius 1 is 1.11 bits per heavy atom. The average Bonchev–Trinajstić information content (AvgIpc) is 3.05. The summed E-state index contributed by atoms with van der Waals surface area (Å²) in [7, 11) is 0. The molecule has 1 N–H and O–H groups in total. The van der Waals surface area contributed by atoms with E-state index in [9.17, 15) is 9.18 Å². The topological polar surface area (TPSA) is 59.8 Å². The van der Waals surface area contributed by atoms with Crippen molar-refractivity contribution < 1.29 is 9.18 Å². The molecule has 0 radical (unpaired) electrons. The van der Waals surface area contributed by atoms with Crippen molar-refractivity contribution in [3.63, 3.8) is 0 Å². The second kappa shape index (κ2) is 7.47. The van der Waals surface area contributed by atoms with Crippen molar-refractivity contribution in [3.05, 3.63) is 59.2 Å².